The first-order valence-electron chi connectivity index (χ1n) is 5.43. The van der Waals surface area contributed by atoms with E-state index in [-0.39, 0.29) is 6.61 Å². The van der Waals surface area contributed by atoms with Gasteiger partial charge in [-0.15, -0.1) is 0 Å². The molecule has 1 aliphatic heterocycles. The average Bonchev–Trinajstić information content (AvgIpc) is 2.55. The number of nitrogens with one attached hydrogen (secondary N) is 2. The lowest BCUT2D eigenvalue weighted by molar-refractivity contribution is -0.124. The molecular formula is C12H13ClN2O3. The van der Waals surface area contributed by atoms with Crippen LogP contribution in [-0.4, -0.2) is 24.1 Å². The summed E-state index contributed by atoms with van der Waals surface area (Å²) in [6, 6.07) is 4.76. The third kappa shape index (κ3) is 2.41. The molecule has 1 heterocycles. The van der Waals surface area contributed by atoms with Crippen LogP contribution in [0.1, 0.15) is 12.5 Å². The van der Waals surface area contributed by atoms with Gasteiger partial charge in [0.15, 0.2) is 5.54 Å². The van der Waals surface area contributed by atoms with E-state index < -0.39 is 17.5 Å². The van der Waals surface area contributed by atoms with Gasteiger partial charge in [0.1, 0.15) is 12.4 Å². The highest BCUT2D eigenvalue weighted by Crippen LogP contribution is 2.22. The Morgan fingerprint density at radius 3 is 2.67 bits per heavy atom. The van der Waals surface area contributed by atoms with Crippen LogP contribution in [0.2, 0.25) is 5.02 Å². The normalized spacial score (nSPS) is 22.6. The van der Waals surface area contributed by atoms with Gasteiger partial charge in [-0.2, -0.15) is 0 Å². The van der Waals surface area contributed by atoms with Gasteiger partial charge < -0.3 is 10.1 Å². The second-order valence-electron chi connectivity index (χ2n) is 4.44. The molecule has 1 saturated heterocycles. The van der Waals surface area contributed by atoms with Crippen molar-refractivity contribution in [2.24, 2.45) is 0 Å². The molecule has 0 aromatic heterocycles. The average molecular weight is 269 g/mol. The van der Waals surface area contributed by atoms with Crippen LogP contribution in [0.3, 0.4) is 0 Å². The van der Waals surface area contributed by atoms with E-state index in [1.807, 2.05) is 13.0 Å². The van der Waals surface area contributed by atoms with E-state index in [4.69, 9.17) is 16.3 Å². The predicted molar refractivity (Wildman–Crippen MR) is 66.8 cm³/mol. The number of benzene rings is 1. The molecule has 2 N–H and O–H groups in total. The molecule has 3 amide bonds. The van der Waals surface area contributed by atoms with Crippen LogP contribution in [0.5, 0.6) is 5.75 Å². The first-order valence-corrected chi connectivity index (χ1v) is 5.81. The number of urea groups is 1. The molecule has 1 aromatic carbocycles. The molecule has 0 spiro atoms. The summed E-state index contributed by atoms with van der Waals surface area (Å²) < 4.78 is 5.49. The summed E-state index contributed by atoms with van der Waals surface area (Å²) in [5.41, 5.74) is -0.101. The number of rotatable bonds is 3. The Hall–Kier alpha value is -1.75. The van der Waals surface area contributed by atoms with Gasteiger partial charge in [0.25, 0.3) is 5.91 Å². The lowest BCUT2D eigenvalue weighted by Crippen LogP contribution is -2.48. The quantitative estimate of drug-likeness (QED) is 0.819. The van der Waals surface area contributed by atoms with Gasteiger partial charge in [-0.1, -0.05) is 17.7 Å². The van der Waals surface area contributed by atoms with Crippen LogP contribution in [0.15, 0.2) is 18.2 Å². The maximum Gasteiger partial charge on any atom is 0.322 e. The molecule has 1 atom stereocenters. The Balaban J connectivity index is 2.05. The van der Waals surface area contributed by atoms with Crippen molar-refractivity contribution in [2.75, 3.05) is 6.61 Å². The van der Waals surface area contributed by atoms with Crippen LogP contribution >= 0.6 is 11.6 Å². The summed E-state index contributed by atoms with van der Waals surface area (Å²) in [5, 5.41) is 5.28. The fourth-order valence-corrected chi connectivity index (χ4v) is 1.74. The van der Waals surface area contributed by atoms with Crippen molar-refractivity contribution in [3.8, 4) is 5.75 Å². The van der Waals surface area contributed by atoms with Crippen LogP contribution in [0, 0.1) is 6.92 Å². The molecule has 0 aliphatic carbocycles. The smallest absolute Gasteiger partial charge is 0.322 e. The summed E-state index contributed by atoms with van der Waals surface area (Å²) in [6.45, 7) is 3.53. The number of halogens is 1. The fraction of sp³-hybridized carbons (Fsp3) is 0.333. The van der Waals surface area contributed by atoms with Gasteiger partial charge in [-0.05, 0) is 31.5 Å². The Bertz CT molecular complexity index is 518. The van der Waals surface area contributed by atoms with Crippen molar-refractivity contribution in [3.63, 3.8) is 0 Å². The molecule has 5 nitrogen and oxygen atoms in total. The third-order valence-corrected chi connectivity index (χ3v) is 3.20. The molecule has 2 rings (SSSR count). The number of hydrogen-bond acceptors (Lipinski definition) is 3. The standard InChI is InChI=1S/C12H13ClN2O3/c1-7-3-4-8(5-9(7)13)18-6-12(2)10(16)14-11(17)15-12/h3-5H,6H2,1-2H3,(H2,14,15,16,17). The van der Waals surface area contributed by atoms with Crippen LogP contribution in [0.25, 0.3) is 0 Å². The minimum absolute atomic E-state index is 0.0456. The van der Waals surface area contributed by atoms with Gasteiger partial charge in [0.05, 0.1) is 0 Å². The number of aryl methyl sites for hydroxylation is 1. The Morgan fingerprint density at radius 2 is 2.11 bits per heavy atom. The highest BCUT2D eigenvalue weighted by atomic mass is 35.5. The van der Waals surface area contributed by atoms with Crippen molar-refractivity contribution in [3.05, 3.63) is 28.8 Å². The summed E-state index contributed by atoms with van der Waals surface area (Å²) >= 11 is 5.97. The maximum atomic E-state index is 11.5. The molecule has 18 heavy (non-hydrogen) atoms. The third-order valence-electron chi connectivity index (χ3n) is 2.79. The van der Waals surface area contributed by atoms with E-state index in [0.29, 0.717) is 10.8 Å². The molecule has 0 radical (unpaired) electrons. The van der Waals surface area contributed by atoms with E-state index in [2.05, 4.69) is 10.6 Å². The lowest BCUT2D eigenvalue weighted by Gasteiger charge is -2.20. The lowest BCUT2D eigenvalue weighted by atomic mass is 10.1. The van der Waals surface area contributed by atoms with E-state index in [0.717, 1.165) is 5.56 Å². The van der Waals surface area contributed by atoms with Crippen molar-refractivity contribution in [1.82, 2.24) is 10.6 Å². The molecule has 1 aliphatic rings. The topological polar surface area (TPSA) is 67.4 Å². The summed E-state index contributed by atoms with van der Waals surface area (Å²) in [6.07, 6.45) is 0. The van der Waals surface area contributed by atoms with Gasteiger partial charge in [0.2, 0.25) is 0 Å². The van der Waals surface area contributed by atoms with Gasteiger partial charge in [0, 0.05) is 5.02 Å². The first-order chi connectivity index (χ1) is 8.40. The molecule has 1 fully saturated rings. The van der Waals surface area contributed by atoms with E-state index >= 15 is 0 Å². The maximum absolute atomic E-state index is 11.5. The largest absolute Gasteiger partial charge is 0.491 e. The van der Waals surface area contributed by atoms with Crippen LogP contribution < -0.4 is 15.4 Å². The highest BCUT2D eigenvalue weighted by Gasteiger charge is 2.42. The predicted octanol–water partition coefficient (Wildman–Crippen LogP) is 1.63. The molecule has 1 aromatic rings. The molecule has 1 unspecified atom stereocenters. The van der Waals surface area contributed by atoms with Gasteiger partial charge >= 0.3 is 6.03 Å². The van der Waals surface area contributed by atoms with Crippen LogP contribution in [-0.2, 0) is 4.79 Å². The Morgan fingerprint density at radius 1 is 1.39 bits per heavy atom. The van der Waals surface area contributed by atoms with E-state index in [9.17, 15) is 9.59 Å². The SMILES string of the molecule is Cc1ccc(OCC2(C)NC(=O)NC2=O)cc1Cl. The number of hydrogen-bond donors (Lipinski definition) is 2. The number of carbonyl (C=O) groups is 2. The van der Waals surface area contributed by atoms with E-state index in [1.54, 1.807) is 19.1 Å². The first kappa shape index (κ1) is 12.7. The fourth-order valence-electron chi connectivity index (χ4n) is 1.57. The summed E-state index contributed by atoms with van der Waals surface area (Å²) in [7, 11) is 0. The molecule has 0 bridgehead atoms. The zero-order valence-corrected chi connectivity index (χ0v) is 10.8. The van der Waals surface area contributed by atoms with Crippen molar-refractivity contribution >= 4 is 23.5 Å². The zero-order chi connectivity index (χ0) is 13.3. The van der Waals surface area contributed by atoms with Gasteiger partial charge in [-0.3, -0.25) is 10.1 Å². The van der Waals surface area contributed by atoms with Crippen molar-refractivity contribution in [2.45, 2.75) is 19.4 Å². The number of carbonyl (C=O) groups excluding carboxylic acids is 2. The number of imide groups is 1. The monoisotopic (exact) mass is 268 g/mol. The second-order valence-corrected chi connectivity index (χ2v) is 4.85. The Labute approximate surface area is 109 Å². The molecule has 96 valence electrons. The zero-order valence-electron chi connectivity index (χ0n) is 10.0. The summed E-state index contributed by atoms with van der Waals surface area (Å²) in [5.74, 6) is 0.159. The van der Waals surface area contributed by atoms with E-state index in [1.165, 1.54) is 0 Å². The highest BCUT2D eigenvalue weighted by molar-refractivity contribution is 6.31. The molecule has 6 heteroatoms. The minimum Gasteiger partial charge on any atom is -0.491 e. The summed E-state index contributed by atoms with van der Waals surface area (Å²) in [4.78, 5) is 22.6. The second kappa shape index (κ2) is 4.49. The van der Waals surface area contributed by atoms with Crippen LogP contribution in [0.4, 0.5) is 4.79 Å². The molecular weight excluding hydrogens is 256 g/mol. The van der Waals surface area contributed by atoms with Gasteiger partial charge in [-0.25, -0.2) is 4.79 Å². The van der Waals surface area contributed by atoms with Crippen molar-refractivity contribution < 1.29 is 14.3 Å². The number of amides is 3. The molecule has 0 saturated carbocycles. The minimum atomic E-state index is -1.05. The van der Waals surface area contributed by atoms with Crippen molar-refractivity contribution in [1.29, 1.82) is 0 Å². The number of ether oxygens (including phenoxy) is 1. The Kier molecular flexibility index (Phi) is 3.17.